The Hall–Kier alpha value is -0.230. The molecular formula is C5H3BrClF3O2. The second-order valence-electron chi connectivity index (χ2n) is 1.79. The molecule has 0 fully saturated rings. The van der Waals surface area contributed by atoms with Gasteiger partial charge in [-0.05, 0) is 22.0 Å². The molecule has 0 aromatic carbocycles. The first-order valence-corrected chi connectivity index (χ1v) is 3.70. The van der Waals surface area contributed by atoms with Crippen LogP contribution in [0.15, 0.2) is 12.2 Å². The molecule has 0 amide bonds. The molecule has 1 atom stereocenters. The highest BCUT2D eigenvalue weighted by Gasteiger charge is 2.49. The van der Waals surface area contributed by atoms with Crippen LogP contribution in [0, 0.1) is 0 Å². The van der Waals surface area contributed by atoms with E-state index in [2.05, 4.69) is 11.6 Å². The summed E-state index contributed by atoms with van der Waals surface area (Å²) in [5.74, 6) is -1.56. The zero-order chi connectivity index (χ0) is 9.99. The quantitative estimate of drug-likeness (QED) is 0.630. The summed E-state index contributed by atoms with van der Waals surface area (Å²) >= 11 is 6.31. The van der Waals surface area contributed by atoms with Crippen molar-refractivity contribution in [3.05, 3.63) is 12.2 Å². The maximum atomic E-state index is 12.6. The number of carboxylic acid groups (broad SMARTS) is 1. The number of hydrogen-bond donors (Lipinski definition) is 1. The third-order valence-corrected chi connectivity index (χ3v) is 1.98. The van der Waals surface area contributed by atoms with Gasteiger partial charge >= 0.3 is 10.8 Å². The molecule has 0 spiro atoms. The van der Waals surface area contributed by atoms with Gasteiger partial charge in [0.1, 0.15) is 0 Å². The van der Waals surface area contributed by atoms with Gasteiger partial charge in [-0.3, -0.25) is 0 Å². The van der Waals surface area contributed by atoms with Crippen molar-refractivity contribution in [3.8, 4) is 0 Å². The van der Waals surface area contributed by atoms with Crippen LogP contribution in [0.3, 0.4) is 0 Å². The molecule has 0 rings (SSSR count). The Morgan fingerprint density at radius 2 is 1.92 bits per heavy atom. The summed E-state index contributed by atoms with van der Waals surface area (Å²) in [6.07, 6.45) is 0.244. The number of carbonyl (C=O) groups is 1. The Kier molecular flexibility index (Phi) is 3.59. The van der Waals surface area contributed by atoms with Crippen molar-refractivity contribution < 1.29 is 23.1 Å². The maximum absolute atomic E-state index is 12.6. The van der Waals surface area contributed by atoms with Crippen LogP contribution in [0.25, 0.3) is 0 Å². The van der Waals surface area contributed by atoms with Crippen LogP contribution in [-0.2, 0) is 4.79 Å². The molecule has 0 aromatic heterocycles. The van der Waals surface area contributed by atoms with Crippen LogP contribution in [0.2, 0.25) is 0 Å². The van der Waals surface area contributed by atoms with Gasteiger partial charge in [-0.1, -0.05) is 11.6 Å². The number of alkyl halides is 5. The summed E-state index contributed by atoms with van der Waals surface area (Å²) < 4.78 is 36.8. The highest BCUT2D eigenvalue weighted by molar-refractivity contribution is 9.10. The zero-order valence-corrected chi connectivity index (χ0v) is 7.74. The lowest BCUT2D eigenvalue weighted by Gasteiger charge is -2.18. The highest BCUT2D eigenvalue weighted by Crippen LogP contribution is 2.42. The van der Waals surface area contributed by atoms with E-state index in [9.17, 15) is 18.0 Å². The van der Waals surface area contributed by atoms with Crippen molar-refractivity contribution in [1.29, 1.82) is 0 Å². The van der Waals surface area contributed by atoms with E-state index >= 15 is 0 Å². The van der Waals surface area contributed by atoms with Crippen LogP contribution < -0.4 is 0 Å². The van der Waals surface area contributed by atoms with E-state index in [0.29, 0.717) is 0 Å². The fraction of sp³-hybridized carbons (Fsp3) is 0.400. The topological polar surface area (TPSA) is 37.3 Å². The Labute approximate surface area is 79.1 Å². The van der Waals surface area contributed by atoms with Crippen LogP contribution in [0.5, 0.6) is 0 Å². The second-order valence-corrected chi connectivity index (χ2v) is 3.34. The third-order valence-electron chi connectivity index (χ3n) is 0.813. The van der Waals surface area contributed by atoms with E-state index in [0.717, 1.165) is 0 Å². The Balaban J connectivity index is 4.54. The van der Waals surface area contributed by atoms with E-state index in [4.69, 9.17) is 5.11 Å². The standard InChI is InChI=1S/C5H3BrClF3O2/c6-5(9,10)4(7,8)2-1-3(11)12/h1-2H,(H,11,12)/b2-1+/t4-/m1/s1. The van der Waals surface area contributed by atoms with Crippen molar-refractivity contribution in [2.45, 2.75) is 9.96 Å². The smallest absolute Gasteiger partial charge is 0.352 e. The van der Waals surface area contributed by atoms with Crippen molar-refractivity contribution in [1.82, 2.24) is 0 Å². The third kappa shape index (κ3) is 3.44. The average molecular weight is 267 g/mol. The molecule has 2 nitrogen and oxygen atoms in total. The first-order chi connectivity index (χ1) is 5.17. The first-order valence-electron chi connectivity index (χ1n) is 2.53. The molecule has 0 radical (unpaired) electrons. The van der Waals surface area contributed by atoms with Crippen molar-refractivity contribution >= 4 is 33.5 Å². The summed E-state index contributed by atoms with van der Waals surface area (Å²) in [5.41, 5.74) is 0. The molecule has 1 N–H and O–H groups in total. The fourth-order valence-corrected chi connectivity index (χ4v) is 0.466. The SMILES string of the molecule is O=C(O)/C=C/[C@](F)(Cl)C(F)(F)Br. The molecular weight excluding hydrogens is 264 g/mol. The van der Waals surface area contributed by atoms with E-state index in [1.807, 2.05) is 0 Å². The fourth-order valence-electron chi connectivity index (χ4n) is 0.270. The molecule has 12 heavy (non-hydrogen) atoms. The molecule has 0 saturated carbocycles. The van der Waals surface area contributed by atoms with Gasteiger partial charge in [-0.2, -0.15) is 8.78 Å². The van der Waals surface area contributed by atoms with Crippen LogP contribution in [0.1, 0.15) is 0 Å². The Bertz CT molecular complexity index is 211. The van der Waals surface area contributed by atoms with E-state index in [1.54, 1.807) is 15.9 Å². The molecule has 0 aliphatic heterocycles. The normalized spacial score (nSPS) is 17.8. The molecule has 0 saturated heterocycles. The van der Waals surface area contributed by atoms with Gasteiger partial charge in [-0.15, -0.1) is 0 Å². The average Bonchev–Trinajstić information content (AvgIpc) is 1.81. The molecule has 0 aliphatic carbocycles. The summed E-state index contributed by atoms with van der Waals surface area (Å²) in [6, 6.07) is 0. The summed E-state index contributed by atoms with van der Waals surface area (Å²) in [4.78, 5) is 5.79. The van der Waals surface area contributed by atoms with Crippen LogP contribution in [-0.4, -0.2) is 21.0 Å². The molecule has 0 unspecified atom stereocenters. The molecule has 0 heterocycles. The number of carboxylic acids is 1. The van der Waals surface area contributed by atoms with Gasteiger partial charge < -0.3 is 5.11 Å². The first kappa shape index (κ1) is 11.8. The van der Waals surface area contributed by atoms with E-state index < -0.39 is 15.9 Å². The number of halogens is 5. The lowest BCUT2D eigenvalue weighted by atomic mass is 10.3. The minimum absolute atomic E-state index is 0.0473. The van der Waals surface area contributed by atoms with Gasteiger partial charge in [0.2, 0.25) is 0 Å². The maximum Gasteiger partial charge on any atom is 0.352 e. The molecule has 0 bridgehead atoms. The highest BCUT2D eigenvalue weighted by atomic mass is 79.9. The molecule has 0 aromatic rings. The van der Waals surface area contributed by atoms with Gasteiger partial charge in [0.25, 0.3) is 5.13 Å². The lowest BCUT2D eigenvalue weighted by Crippen LogP contribution is -2.31. The lowest BCUT2D eigenvalue weighted by molar-refractivity contribution is -0.131. The second kappa shape index (κ2) is 3.66. The van der Waals surface area contributed by atoms with Crippen LogP contribution in [0.4, 0.5) is 13.2 Å². The molecule has 0 aliphatic rings. The number of rotatable bonds is 3. The molecule has 70 valence electrons. The summed E-state index contributed by atoms with van der Waals surface area (Å²) in [6.45, 7) is 0. The predicted molar refractivity (Wildman–Crippen MR) is 40.3 cm³/mol. The van der Waals surface area contributed by atoms with Gasteiger partial charge in [0.05, 0.1) is 0 Å². The molecule has 7 heteroatoms. The van der Waals surface area contributed by atoms with E-state index in [-0.39, 0.29) is 12.2 Å². The monoisotopic (exact) mass is 266 g/mol. The van der Waals surface area contributed by atoms with Crippen molar-refractivity contribution in [2.75, 3.05) is 0 Å². The predicted octanol–water partition coefficient (Wildman–Crippen LogP) is 2.52. The van der Waals surface area contributed by atoms with Gasteiger partial charge in [-0.25, -0.2) is 9.18 Å². The van der Waals surface area contributed by atoms with Crippen LogP contribution >= 0.6 is 27.5 Å². The van der Waals surface area contributed by atoms with E-state index in [1.165, 1.54) is 0 Å². The summed E-state index contributed by atoms with van der Waals surface area (Å²) in [7, 11) is 0. The Morgan fingerprint density at radius 3 is 2.17 bits per heavy atom. The number of hydrogen-bond acceptors (Lipinski definition) is 1. The van der Waals surface area contributed by atoms with Gasteiger partial charge in [0.15, 0.2) is 0 Å². The van der Waals surface area contributed by atoms with Gasteiger partial charge in [0, 0.05) is 6.08 Å². The largest absolute Gasteiger partial charge is 0.478 e. The van der Waals surface area contributed by atoms with Crippen molar-refractivity contribution in [2.24, 2.45) is 0 Å². The van der Waals surface area contributed by atoms with Crippen molar-refractivity contribution in [3.63, 3.8) is 0 Å². The minimum atomic E-state index is -4.01. The number of aliphatic carboxylic acids is 1. The summed E-state index contributed by atoms with van der Waals surface area (Å²) in [5, 5.41) is 4.43. The number of allylic oxidation sites excluding steroid dienone is 1. The minimum Gasteiger partial charge on any atom is -0.478 e. The Morgan fingerprint density at radius 1 is 1.50 bits per heavy atom. The zero-order valence-electron chi connectivity index (χ0n) is 5.40.